The Bertz CT molecular complexity index is 1290. The van der Waals surface area contributed by atoms with Crippen molar-refractivity contribution in [3.05, 3.63) is 89.5 Å². The van der Waals surface area contributed by atoms with E-state index in [2.05, 4.69) is 19.2 Å². The van der Waals surface area contributed by atoms with Crippen LogP contribution in [0.5, 0.6) is 11.5 Å². The lowest BCUT2D eigenvalue weighted by Crippen LogP contribution is -2.51. The van der Waals surface area contributed by atoms with Crippen LogP contribution in [0.15, 0.2) is 72.8 Å². The monoisotopic (exact) mass is 512 g/mol. The molecule has 6 heteroatoms. The van der Waals surface area contributed by atoms with Gasteiger partial charge in [0.25, 0.3) is 5.91 Å². The van der Waals surface area contributed by atoms with Crippen molar-refractivity contribution < 1.29 is 19.1 Å². The number of fused-ring (bicyclic) bond motifs is 1. The van der Waals surface area contributed by atoms with Gasteiger partial charge < -0.3 is 14.8 Å². The van der Waals surface area contributed by atoms with Crippen molar-refractivity contribution in [3.63, 3.8) is 0 Å². The number of ether oxygens (including phenoxy) is 2. The Morgan fingerprint density at radius 3 is 2.16 bits per heavy atom. The zero-order valence-corrected chi connectivity index (χ0v) is 22.5. The predicted octanol–water partition coefficient (Wildman–Crippen LogP) is 6.13. The molecule has 2 amide bonds. The van der Waals surface area contributed by atoms with E-state index in [0.29, 0.717) is 28.8 Å². The Labute approximate surface area is 225 Å². The largest absolute Gasteiger partial charge is 0.497 e. The topological polar surface area (TPSA) is 67.9 Å². The van der Waals surface area contributed by atoms with Gasteiger partial charge in [0.05, 0.1) is 26.2 Å². The quantitative estimate of drug-likeness (QED) is 0.431. The van der Waals surface area contributed by atoms with E-state index >= 15 is 0 Å². The molecule has 6 nitrogen and oxygen atoms in total. The van der Waals surface area contributed by atoms with Crippen LogP contribution in [0.3, 0.4) is 0 Å². The molecule has 38 heavy (non-hydrogen) atoms. The second-order valence-electron chi connectivity index (χ2n) is 10.5. The number of carbonyl (C=O) groups is 2. The third-order valence-electron chi connectivity index (χ3n) is 8.46. The molecule has 198 valence electrons. The van der Waals surface area contributed by atoms with E-state index in [1.54, 1.807) is 19.1 Å². The Balaban J connectivity index is 1.64. The van der Waals surface area contributed by atoms with Crippen LogP contribution in [0.25, 0.3) is 0 Å². The summed E-state index contributed by atoms with van der Waals surface area (Å²) in [5.74, 6) is 1.62. The van der Waals surface area contributed by atoms with Gasteiger partial charge in [0.15, 0.2) is 0 Å². The summed E-state index contributed by atoms with van der Waals surface area (Å²) < 4.78 is 10.8. The van der Waals surface area contributed by atoms with Crippen molar-refractivity contribution >= 4 is 17.5 Å². The summed E-state index contributed by atoms with van der Waals surface area (Å²) in [6, 6.07) is 22.2. The van der Waals surface area contributed by atoms with E-state index in [1.807, 2.05) is 72.8 Å². The highest BCUT2D eigenvalue weighted by atomic mass is 16.5. The lowest BCUT2D eigenvalue weighted by atomic mass is 9.76. The number of anilines is 1. The molecule has 0 radical (unpaired) electrons. The van der Waals surface area contributed by atoms with E-state index in [-0.39, 0.29) is 17.9 Å². The van der Waals surface area contributed by atoms with Crippen LogP contribution >= 0.6 is 0 Å². The van der Waals surface area contributed by atoms with Crippen LogP contribution < -0.4 is 19.7 Å². The number of rotatable bonds is 6. The fraction of sp³-hybridized carbons (Fsp3) is 0.375. The van der Waals surface area contributed by atoms with Gasteiger partial charge in [-0.2, -0.15) is 0 Å². The molecule has 1 saturated carbocycles. The summed E-state index contributed by atoms with van der Waals surface area (Å²) in [5.41, 5.74) is 2.90. The van der Waals surface area contributed by atoms with Gasteiger partial charge in [-0.1, -0.05) is 57.0 Å². The maximum Gasteiger partial charge on any atom is 0.259 e. The Morgan fingerprint density at radius 1 is 0.868 bits per heavy atom. The molecule has 2 aliphatic rings. The minimum absolute atomic E-state index is 0.0461. The normalized spacial score (nSPS) is 24.9. The summed E-state index contributed by atoms with van der Waals surface area (Å²) >= 11 is 0. The molecule has 0 spiro atoms. The van der Waals surface area contributed by atoms with Gasteiger partial charge in [-0.15, -0.1) is 0 Å². The first-order chi connectivity index (χ1) is 18.4. The lowest BCUT2D eigenvalue weighted by molar-refractivity contribution is -0.124. The molecule has 0 saturated heterocycles. The molecule has 1 N–H and O–H groups in total. The summed E-state index contributed by atoms with van der Waals surface area (Å²) in [6.45, 7) is 4.50. The van der Waals surface area contributed by atoms with Gasteiger partial charge in [-0.25, -0.2) is 0 Å². The first kappa shape index (κ1) is 25.8. The van der Waals surface area contributed by atoms with Crippen LogP contribution in [0.1, 0.15) is 66.6 Å². The number of benzene rings is 3. The van der Waals surface area contributed by atoms with Gasteiger partial charge in [-0.3, -0.25) is 14.5 Å². The Hall–Kier alpha value is -3.80. The molecule has 0 aromatic heterocycles. The number of amides is 2. The van der Waals surface area contributed by atoms with Crippen molar-refractivity contribution in [3.8, 4) is 11.5 Å². The average Bonchev–Trinajstić information content (AvgIpc) is 2.95. The van der Waals surface area contributed by atoms with Gasteiger partial charge >= 0.3 is 0 Å². The van der Waals surface area contributed by atoms with Crippen molar-refractivity contribution in [2.75, 3.05) is 19.1 Å². The molecule has 5 unspecified atom stereocenters. The molecular weight excluding hydrogens is 476 g/mol. The summed E-state index contributed by atoms with van der Waals surface area (Å²) in [4.78, 5) is 30.1. The van der Waals surface area contributed by atoms with E-state index in [0.717, 1.165) is 29.7 Å². The molecule has 3 aromatic rings. The zero-order chi connectivity index (χ0) is 26.8. The van der Waals surface area contributed by atoms with Gasteiger partial charge in [0, 0.05) is 17.3 Å². The maximum atomic E-state index is 14.3. The van der Waals surface area contributed by atoms with Crippen molar-refractivity contribution in [1.29, 1.82) is 0 Å². The molecular formula is C32H36N2O4. The molecule has 5 atom stereocenters. The highest BCUT2D eigenvalue weighted by Crippen LogP contribution is 2.46. The summed E-state index contributed by atoms with van der Waals surface area (Å²) in [5, 5.41) is 3.42. The number of carbonyl (C=O) groups excluding carboxylic acids is 2. The minimum atomic E-state index is -0.580. The van der Waals surface area contributed by atoms with Gasteiger partial charge in [0.1, 0.15) is 11.5 Å². The van der Waals surface area contributed by atoms with E-state index in [4.69, 9.17) is 9.47 Å². The second-order valence-corrected chi connectivity index (χ2v) is 10.5. The number of hydrogen-bond acceptors (Lipinski definition) is 4. The summed E-state index contributed by atoms with van der Waals surface area (Å²) in [7, 11) is 3.24. The SMILES string of the molecule is COc1ccc(C2C(C(=O)NC3CCCC(C)C3C)c3ccccc3C(=O)N2c2ccc(OC)cc2)cc1. The first-order valence-corrected chi connectivity index (χ1v) is 13.4. The van der Waals surface area contributed by atoms with Crippen LogP contribution in [0.2, 0.25) is 0 Å². The second kappa shape index (κ2) is 10.9. The average molecular weight is 513 g/mol. The lowest BCUT2D eigenvalue weighted by Gasteiger charge is -2.43. The molecule has 1 fully saturated rings. The van der Waals surface area contributed by atoms with E-state index in [1.165, 1.54) is 6.42 Å². The number of nitrogens with one attached hydrogen (secondary N) is 1. The van der Waals surface area contributed by atoms with Crippen molar-refractivity contribution in [2.45, 2.75) is 51.1 Å². The van der Waals surface area contributed by atoms with Crippen LogP contribution in [0.4, 0.5) is 5.69 Å². The van der Waals surface area contributed by atoms with E-state index in [9.17, 15) is 9.59 Å². The summed E-state index contributed by atoms with van der Waals surface area (Å²) in [6.07, 6.45) is 3.27. The van der Waals surface area contributed by atoms with Crippen molar-refractivity contribution in [2.24, 2.45) is 11.8 Å². The predicted molar refractivity (Wildman–Crippen MR) is 149 cm³/mol. The van der Waals surface area contributed by atoms with Crippen LogP contribution in [-0.2, 0) is 4.79 Å². The minimum Gasteiger partial charge on any atom is -0.497 e. The molecule has 1 aliphatic heterocycles. The molecule has 1 heterocycles. The standard InChI is InChI=1S/C32H36N2O4/c1-20-8-7-11-28(21(20)2)33-31(35)29-26-9-5-6-10-27(26)32(36)34(23-14-18-25(38-4)19-15-23)30(29)22-12-16-24(37-3)17-13-22/h5-6,9-10,12-21,28-30H,7-8,11H2,1-4H3,(H,33,35). The molecule has 3 aromatic carbocycles. The van der Waals surface area contributed by atoms with E-state index < -0.39 is 12.0 Å². The smallest absolute Gasteiger partial charge is 0.259 e. The number of nitrogens with zero attached hydrogens (tertiary/aromatic N) is 1. The number of methoxy groups -OCH3 is 2. The highest BCUT2D eigenvalue weighted by Gasteiger charge is 2.45. The van der Waals surface area contributed by atoms with Gasteiger partial charge in [0.2, 0.25) is 5.91 Å². The maximum absolute atomic E-state index is 14.3. The third-order valence-corrected chi connectivity index (χ3v) is 8.46. The Kier molecular flexibility index (Phi) is 7.41. The van der Waals surface area contributed by atoms with Gasteiger partial charge in [-0.05, 0) is 71.8 Å². The third kappa shape index (κ3) is 4.75. The molecule has 5 rings (SSSR count). The van der Waals surface area contributed by atoms with Crippen molar-refractivity contribution in [1.82, 2.24) is 5.32 Å². The Morgan fingerprint density at radius 2 is 1.50 bits per heavy atom. The highest BCUT2D eigenvalue weighted by molar-refractivity contribution is 6.11. The zero-order valence-electron chi connectivity index (χ0n) is 22.5. The number of hydrogen-bond donors (Lipinski definition) is 1. The van der Waals surface area contributed by atoms with Crippen LogP contribution in [0, 0.1) is 11.8 Å². The fourth-order valence-electron chi connectivity index (χ4n) is 6.04. The molecule has 1 aliphatic carbocycles. The fourth-order valence-corrected chi connectivity index (χ4v) is 6.04. The molecule has 0 bridgehead atoms. The first-order valence-electron chi connectivity index (χ1n) is 13.4. The van der Waals surface area contributed by atoms with Crippen LogP contribution in [-0.4, -0.2) is 32.1 Å².